The van der Waals surface area contributed by atoms with Crippen LogP contribution >= 0.6 is 0 Å². The number of hydrogen-bond donors (Lipinski definition) is 0. The summed E-state index contributed by atoms with van der Waals surface area (Å²) in [6, 6.07) is 64.4. The van der Waals surface area contributed by atoms with Crippen molar-refractivity contribution in [3.05, 3.63) is 282 Å². The van der Waals surface area contributed by atoms with Gasteiger partial charge in [-0.3, -0.25) is 19.4 Å². The summed E-state index contributed by atoms with van der Waals surface area (Å²) < 4.78 is 0. The second-order valence-corrected chi connectivity index (χ2v) is 12.7. The monoisotopic (exact) mass is 781 g/mol. The first-order valence-corrected chi connectivity index (χ1v) is 19.4. The van der Waals surface area contributed by atoms with Crippen LogP contribution in [-0.2, 0) is 14.4 Å². The summed E-state index contributed by atoms with van der Waals surface area (Å²) in [5, 5.41) is 0. The molecule has 1 heterocycles. The number of rotatable bonds is 12. The predicted molar refractivity (Wildman–Crippen MR) is 252 cm³/mol. The summed E-state index contributed by atoms with van der Waals surface area (Å²) in [6.45, 7) is 0. The van der Waals surface area contributed by atoms with Gasteiger partial charge >= 0.3 is 0 Å². The SMILES string of the molecule is O=C(C=Cc1ccccc1)C=Cc1ccccc1.O=C(C=Cc1ccccc1)C=Cc1ccccc1.O=C(C=Cc1ccccc1)C=Cc1ccccc1.c1ccncc1. The van der Waals surface area contributed by atoms with Gasteiger partial charge in [0.15, 0.2) is 17.3 Å². The molecule has 0 bridgehead atoms. The molecule has 0 fully saturated rings. The minimum atomic E-state index is -0.0114. The Kier molecular flexibility index (Phi) is 21.1. The Hall–Kier alpha value is -8.08. The molecule has 7 rings (SSSR count). The van der Waals surface area contributed by atoms with Crippen molar-refractivity contribution < 1.29 is 14.4 Å². The molecule has 0 aliphatic carbocycles. The highest BCUT2D eigenvalue weighted by Gasteiger charge is 1.93. The predicted octanol–water partition coefficient (Wildman–Crippen LogP) is 13.0. The van der Waals surface area contributed by atoms with Gasteiger partial charge in [0, 0.05) is 12.4 Å². The smallest absolute Gasteiger partial charge is 0.178 e. The average Bonchev–Trinajstić information content (AvgIpc) is 3.33. The number of carbonyl (C=O) groups excluding carboxylic acids is 3. The number of ketones is 3. The van der Waals surface area contributed by atoms with Crippen LogP contribution in [0.1, 0.15) is 33.4 Å². The Morgan fingerprint density at radius 2 is 0.417 bits per heavy atom. The molecule has 4 heteroatoms. The first-order chi connectivity index (χ1) is 29.5. The summed E-state index contributed by atoms with van der Waals surface area (Å²) >= 11 is 0. The minimum absolute atomic E-state index is 0.0114. The van der Waals surface area contributed by atoms with E-state index in [2.05, 4.69) is 4.98 Å². The van der Waals surface area contributed by atoms with E-state index in [0.29, 0.717) is 0 Å². The Labute approximate surface area is 354 Å². The molecule has 0 N–H and O–H groups in total. The zero-order valence-corrected chi connectivity index (χ0v) is 33.3. The van der Waals surface area contributed by atoms with E-state index in [1.54, 1.807) is 48.8 Å². The largest absolute Gasteiger partial charge is 0.290 e. The zero-order chi connectivity index (χ0) is 42.1. The first kappa shape index (κ1) is 44.6. The van der Waals surface area contributed by atoms with Crippen molar-refractivity contribution in [1.29, 1.82) is 0 Å². The molecule has 0 saturated carbocycles. The third-order valence-electron chi connectivity index (χ3n) is 8.00. The second kappa shape index (κ2) is 28.3. The van der Waals surface area contributed by atoms with Crippen LogP contribution in [-0.4, -0.2) is 22.3 Å². The third kappa shape index (κ3) is 20.7. The summed E-state index contributed by atoms with van der Waals surface area (Å²) in [6.07, 6.45) is 23.9. The van der Waals surface area contributed by atoms with Gasteiger partial charge in [0.05, 0.1) is 0 Å². The first-order valence-electron chi connectivity index (χ1n) is 19.4. The Morgan fingerprint density at radius 3 is 0.550 bits per heavy atom. The van der Waals surface area contributed by atoms with Gasteiger partial charge in [-0.2, -0.15) is 0 Å². The van der Waals surface area contributed by atoms with Gasteiger partial charge in [0.2, 0.25) is 0 Å². The fourth-order valence-electron chi connectivity index (χ4n) is 4.93. The van der Waals surface area contributed by atoms with Crippen molar-refractivity contribution in [2.75, 3.05) is 0 Å². The molecule has 0 aliphatic heterocycles. The van der Waals surface area contributed by atoms with Crippen LogP contribution in [0.3, 0.4) is 0 Å². The molecule has 4 nitrogen and oxygen atoms in total. The standard InChI is InChI=1S/3C17H14O.C5H5N/c3*18-17(13-11-15-7-3-1-4-8-15)14-12-16-9-5-2-6-10-16;1-2-4-6-5-3-1/h3*1-14H;1-5H. The van der Waals surface area contributed by atoms with Crippen molar-refractivity contribution in [2.45, 2.75) is 0 Å². The molecule has 0 amide bonds. The van der Waals surface area contributed by atoms with E-state index in [1.165, 1.54) is 0 Å². The summed E-state index contributed by atoms with van der Waals surface area (Å²) in [4.78, 5) is 38.6. The zero-order valence-electron chi connectivity index (χ0n) is 33.3. The summed E-state index contributed by atoms with van der Waals surface area (Å²) in [5.74, 6) is -0.0341. The van der Waals surface area contributed by atoms with Crippen molar-refractivity contribution in [3.63, 3.8) is 0 Å². The van der Waals surface area contributed by atoms with Crippen LogP contribution in [0.15, 0.2) is 249 Å². The molecule has 6 aromatic carbocycles. The normalized spacial score (nSPS) is 10.8. The van der Waals surface area contributed by atoms with Crippen LogP contribution < -0.4 is 0 Å². The number of aromatic nitrogens is 1. The van der Waals surface area contributed by atoms with Crippen molar-refractivity contribution in [1.82, 2.24) is 4.98 Å². The van der Waals surface area contributed by atoms with Gasteiger partial charge < -0.3 is 0 Å². The lowest BCUT2D eigenvalue weighted by Crippen LogP contribution is -1.84. The Morgan fingerprint density at radius 1 is 0.250 bits per heavy atom. The number of benzene rings is 6. The molecule has 60 heavy (non-hydrogen) atoms. The highest BCUT2D eigenvalue weighted by atomic mass is 16.1. The van der Waals surface area contributed by atoms with E-state index in [9.17, 15) is 14.4 Å². The van der Waals surface area contributed by atoms with Crippen molar-refractivity contribution in [2.24, 2.45) is 0 Å². The van der Waals surface area contributed by atoms with Crippen LogP contribution in [0, 0.1) is 0 Å². The van der Waals surface area contributed by atoms with E-state index < -0.39 is 0 Å². The van der Waals surface area contributed by atoms with Gasteiger partial charge in [-0.15, -0.1) is 0 Å². The molecular weight excluding hydrogens is 735 g/mol. The summed E-state index contributed by atoms with van der Waals surface area (Å²) in [5.41, 5.74) is 6.16. The molecule has 0 atom stereocenters. The molecule has 7 aromatic rings. The Balaban J connectivity index is 0.000000185. The number of hydrogen-bond acceptors (Lipinski definition) is 4. The van der Waals surface area contributed by atoms with E-state index in [0.717, 1.165) is 33.4 Å². The molecule has 0 radical (unpaired) electrons. The van der Waals surface area contributed by atoms with E-state index >= 15 is 0 Å². The number of pyridine rings is 1. The van der Waals surface area contributed by atoms with Crippen LogP contribution in [0.5, 0.6) is 0 Å². The maximum Gasteiger partial charge on any atom is 0.178 e. The molecule has 0 aliphatic rings. The van der Waals surface area contributed by atoms with Crippen LogP contribution in [0.2, 0.25) is 0 Å². The molecular formula is C56H47NO3. The highest BCUT2D eigenvalue weighted by Crippen LogP contribution is 2.06. The maximum atomic E-state index is 11.6. The second-order valence-electron chi connectivity index (χ2n) is 12.7. The fraction of sp³-hybridized carbons (Fsp3) is 0. The van der Waals surface area contributed by atoms with Crippen LogP contribution in [0.25, 0.3) is 36.5 Å². The molecule has 1 aromatic heterocycles. The minimum Gasteiger partial charge on any atom is -0.290 e. The Bertz CT molecular complexity index is 1980. The number of carbonyl (C=O) groups is 3. The molecule has 0 unspecified atom stereocenters. The lowest BCUT2D eigenvalue weighted by Gasteiger charge is -1.91. The number of nitrogens with zero attached hydrogens (tertiary/aromatic N) is 1. The maximum absolute atomic E-state index is 11.6. The number of allylic oxidation sites excluding steroid dienone is 6. The molecule has 0 spiro atoms. The highest BCUT2D eigenvalue weighted by molar-refractivity contribution is 6.05. The van der Waals surface area contributed by atoms with Crippen molar-refractivity contribution >= 4 is 53.8 Å². The topological polar surface area (TPSA) is 64.1 Å². The van der Waals surface area contributed by atoms with Crippen molar-refractivity contribution in [3.8, 4) is 0 Å². The van der Waals surface area contributed by atoms with E-state index in [4.69, 9.17) is 0 Å². The average molecular weight is 782 g/mol. The van der Waals surface area contributed by atoms with Gasteiger partial charge in [-0.25, -0.2) is 0 Å². The quantitative estimate of drug-likeness (QED) is 0.116. The molecule has 294 valence electrons. The molecule has 0 saturated heterocycles. The van der Waals surface area contributed by atoms with Gasteiger partial charge in [0.1, 0.15) is 0 Å². The van der Waals surface area contributed by atoms with Gasteiger partial charge in [-0.1, -0.05) is 225 Å². The van der Waals surface area contributed by atoms with Gasteiger partial charge in [-0.05, 0) is 82.0 Å². The third-order valence-corrected chi connectivity index (χ3v) is 8.00. The summed E-state index contributed by atoms with van der Waals surface area (Å²) in [7, 11) is 0. The van der Waals surface area contributed by atoms with Crippen LogP contribution in [0.4, 0.5) is 0 Å². The fourth-order valence-corrected chi connectivity index (χ4v) is 4.93. The van der Waals surface area contributed by atoms with E-state index in [1.807, 2.05) is 237 Å². The lowest BCUT2D eigenvalue weighted by atomic mass is 10.1. The van der Waals surface area contributed by atoms with Gasteiger partial charge in [0.25, 0.3) is 0 Å². The van der Waals surface area contributed by atoms with E-state index in [-0.39, 0.29) is 17.3 Å². The lowest BCUT2D eigenvalue weighted by molar-refractivity contribution is -0.111.